The van der Waals surface area contributed by atoms with E-state index < -0.39 is 11.2 Å². The minimum Gasteiger partial charge on any atom is -0.488 e. The van der Waals surface area contributed by atoms with Crippen LogP contribution in [0.25, 0.3) is 17.0 Å². The average molecular weight is 340 g/mol. The lowest BCUT2D eigenvalue weighted by Gasteiger charge is -2.34. The third-order valence-corrected chi connectivity index (χ3v) is 5.01. The molecule has 0 unspecified atom stereocenters. The maximum absolute atomic E-state index is 13.0. The topological polar surface area (TPSA) is 65.7 Å². The highest BCUT2D eigenvalue weighted by atomic mass is 16.5. The fourth-order valence-electron chi connectivity index (χ4n) is 3.46. The Kier molecular flexibility index (Phi) is 3.17. The van der Waals surface area contributed by atoms with Crippen molar-refractivity contribution >= 4 is 22.8 Å². The van der Waals surface area contributed by atoms with Crippen LogP contribution in [0.2, 0.25) is 0 Å². The van der Waals surface area contributed by atoms with Crippen LogP contribution in [0.4, 0.5) is 0 Å². The Hall–Kier alpha value is -2.56. The van der Waals surface area contributed by atoms with E-state index in [9.17, 15) is 9.59 Å². The van der Waals surface area contributed by atoms with E-state index in [1.807, 2.05) is 46.8 Å². The number of Topliss-reactive ketones (excluding diaryl/α,β-unsaturated/α-hetero) is 1. The quantitative estimate of drug-likeness (QED) is 0.681. The normalized spacial score (nSPS) is 23.6. The van der Waals surface area contributed by atoms with Crippen LogP contribution in [0.3, 0.4) is 0 Å². The molecule has 0 radical (unpaired) electrons. The SMILES string of the molecule is Cc1cc(=O)oc2c3c(c4c(c12)OC(C)(C)C=C4)O[C@H](C)[C@@H](C)C3=O. The second kappa shape index (κ2) is 4.97. The lowest BCUT2D eigenvalue weighted by molar-refractivity contribution is 0.0728. The monoisotopic (exact) mass is 340 g/mol. The first-order chi connectivity index (χ1) is 11.7. The van der Waals surface area contributed by atoms with E-state index in [1.54, 1.807) is 0 Å². The van der Waals surface area contributed by atoms with Gasteiger partial charge in [-0.2, -0.15) is 0 Å². The van der Waals surface area contributed by atoms with Crippen LogP contribution in [0, 0.1) is 12.8 Å². The van der Waals surface area contributed by atoms with E-state index in [1.165, 1.54) is 6.07 Å². The van der Waals surface area contributed by atoms with Crippen LogP contribution in [0.1, 0.15) is 49.2 Å². The van der Waals surface area contributed by atoms with Gasteiger partial charge in [-0.25, -0.2) is 4.79 Å². The van der Waals surface area contributed by atoms with Gasteiger partial charge in [0.25, 0.3) is 0 Å². The largest absolute Gasteiger partial charge is 0.488 e. The zero-order valence-electron chi connectivity index (χ0n) is 14.9. The molecular weight excluding hydrogens is 320 g/mol. The van der Waals surface area contributed by atoms with Crippen molar-refractivity contribution in [2.75, 3.05) is 0 Å². The van der Waals surface area contributed by atoms with Crippen molar-refractivity contribution in [3.8, 4) is 11.5 Å². The van der Waals surface area contributed by atoms with Gasteiger partial charge < -0.3 is 13.9 Å². The molecule has 0 aliphatic carbocycles. The first-order valence-corrected chi connectivity index (χ1v) is 8.43. The molecule has 3 heterocycles. The van der Waals surface area contributed by atoms with Gasteiger partial charge in [-0.05, 0) is 45.4 Å². The van der Waals surface area contributed by atoms with Crippen LogP contribution in [0.15, 0.2) is 21.4 Å². The zero-order chi connectivity index (χ0) is 18.1. The Morgan fingerprint density at radius 1 is 1.12 bits per heavy atom. The maximum atomic E-state index is 13.0. The number of rotatable bonds is 0. The maximum Gasteiger partial charge on any atom is 0.336 e. The van der Waals surface area contributed by atoms with Crippen LogP contribution in [0.5, 0.6) is 11.5 Å². The molecule has 4 rings (SSSR count). The number of ketones is 1. The van der Waals surface area contributed by atoms with Gasteiger partial charge in [0.15, 0.2) is 11.4 Å². The molecule has 130 valence electrons. The predicted molar refractivity (Wildman–Crippen MR) is 94.5 cm³/mol. The third-order valence-electron chi connectivity index (χ3n) is 5.01. The molecule has 2 aliphatic rings. The first kappa shape index (κ1) is 15.9. The number of aryl methyl sites for hydroxylation is 1. The summed E-state index contributed by atoms with van der Waals surface area (Å²) in [6, 6.07) is 1.42. The minimum absolute atomic E-state index is 0.0754. The molecule has 0 saturated heterocycles. The predicted octanol–water partition coefficient (Wildman–Crippen LogP) is 3.89. The standard InChI is InChI=1S/C20H20O5/c1-9-8-13(21)24-19-14(9)18-12(6-7-20(4,5)25-18)17-15(19)16(22)10(2)11(3)23-17/h6-8,10-11H,1-5H3/t10-,11-/m1/s1. The summed E-state index contributed by atoms with van der Waals surface area (Å²) in [5.74, 6) is 0.647. The Balaban J connectivity index is 2.20. The molecule has 0 bridgehead atoms. The highest BCUT2D eigenvalue weighted by Gasteiger charge is 2.39. The van der Waals surface area contributed by atoms with Crippen LogP contribution >= 0.6 is 0 Å². The second-order valence-corrected chi connectivity index (χ2v) is 7.41. The smallest absolute Gasteiger partial charge is 0.336 e. The van der Waals surface area contributed by atoms with Crippen molar-refractivity contribution in [3.05, 3.63) is 39.3 Å². The molecule has 0 fully saturated rings. The number of ether oxygens (including phenoxy) is 2. The number of carbonyl (C=O) groups is 1. The number of carbonyl (C=O) groups excluding carboxylic acids is 1. The van der Waals surface area contributed by atoms with Crippen LogP contribution in [-0.2, 0) is 0 Å². The summed E-state index contributed by atoms with van der Waals surface area (Å²) >= 11 is 0. The summed E-state index contributed by atoms with van der Waals surface area (Å²) in [5.41, 5.74) is 1.05. The minimum atomic E-state index is -0.506. The van der Waals surface area contributed by atoms with Gasteiger partial charge >= 0.3 is 5.63 Å². The summed E-state index contributed by atoms with van der Waals surface area (Å²) in [4.78, 5) is 24.9. The summed E-state index contributed by atoms with van der Waals surface area (Å²) in [6.45, 7) is 9.41. The molecule has 1 aromatic heterocycles. The van der Waals surface area contributed by atoms with E-state index in [4.69, 9.17) is 13.9 Å². The van der Waals surface area contributed by atoms with Gasteiger partial charge in [-0.1, -0.05) is 6.92 Å². The lowest BCUT2D eigenvalue weighted by atomic mass is 9.86. The Morgan fingerprint density at radius 2 is 1.84 bits per heavy atom. The van der Waals surface area contributed by atoms with Gasteiger partial charge in [0.05, 0.1) is 16.9 Å². The van der Waals surface area contributed by atoms with Crippen molar-refractivity contribution in [3.63, 3.8) is 0 Å². The lowest BCUT2D eigenvalue weighted by Crippen LogP contribution is -2.35. The average Bonchev–Trinajstić information content (AvgIpc) is 2.50. The van der Waals surface area contributed by atoms with Gasteiger partial charge in [-0.3, -0.25) is 4.79 Å². The molecule has 5 nitrogen and oxygen atoms in total. The van der Waals surface area contributed by atoms with Gasteiger partial charge in [0, 0.05) is 6.07 Å². The fraction of sp³-hybridized carbons (Fsp3) is 0.400. The van der Waals surface area contributed by atoms with Crippen molar-refractivity contribution in [2.24, 2.45) is 5.92 Å². The first-order valence-electron chi connectivity index (χ1n) is 8.43. The second-order valence-electron chi connectivity index (χ2n) is 7.41. The number of hydrogen-bond acceptors (Lipinski definition) is 5. The van der Waals surface area contributed by atoms with E-state index in [2.05, 4.69) is 0 Å². The summed E-state index contributed by atoms with van der Waals surface area (Å²) < 4.78 is 17.7. The fourth-order valence-corrected chi connectivity index (χ4v) is 3.46. The Morgan fingerprint density at radius 3 is 2.56 bits per heavy atom. The van der Waals surface area contributed by atoms with Crippen molar-refractivity contribution < 1.29 is 18.7 Å². The molecule has 2 aliphatic heterocycles. The molecule has 1 aromatic carbocycles. The molecule has 0 spiro atoms. The highest BCUT2D eigenvalue weighted by molar-refractivity contribution is 6.14. The van der Waals surface area contributed by atoms with Crippen molar-refractivity contribution in [1.29, 1.82) is 0 Å². The van der Waals surface area contributed by atoms with Gasteiger partial charge in [-0.15, -0.1) is 0 Å². The summed E-state index contributed by atoms with van der Waals surface area (Å²) in [6.07, 6.45) is 3.60. The molecule has 0 N–H and O–H groups in total. The molecular formula is C20H20O5. The Bertz CT molecular complexity index is 1010. The molecule has 0 saturated carbocycles. The van der Waals surface area contributed by atoms with E-state index >= 15 is 0 Å². The summed E-state index contributed by atoms with van der Waals surface area (Å²) in [7, 11) is 0. The molecule has 5 heteroatoms. The molecule has 2 atom stereocenters. The number of hydrogen-bond donors (Lipinski definition) is 0. The van der Waals surface area contributed by atoms with E-state index in [0.29, 0.717) is 22.4 Å². The van der Waals surface area contributed by atoms with E-state index in [-0.39, 0.29) is 23.4 Å². The molecule has 25 heavy (non-hydrogen) atoms. The molecule has 0 amide bonds. The van der Waals surface area contributed by atoms with Gasteiger partial charge in [0.1, 0.15) is 28.8 Å². The van der Waals surface area contributed by atoms with Crippen LogP contribution < -0.4 is 15.1 Å². The van der Waals surface area contributed by atoms with E-state index in [0.717, 1.165) is 11.1 Å². The highest BCUT2D eigenvalue weighted by Crippen LogP contribution is 2.49. The van der Waals surface area contributed by atoms with Gasteiger partial charge in [0.2, 0.25) is 0 Å². The Labute approximate surface area is 145 Å². The summed E-state index contributed by atoms with van der Waals surface area (Å²) in [5, 5.41) is 0.657. The molecule has 2 aromatic rings. The van der Waals surface area contributed by atoms with Crippen molar-refractivity contribution in [1.82, 2.24) is 0 Å². The number of fused-ring (bicyclic) bond motifs is 6. The number of benzene rings is 1. The zero-order valence-corrected chi connectivity index (χ0v) is 14.9. The van der Waals surface area contributed by atoms with Crippen LogP contribution in [-0.4, -0.2) is 17.5 Å². The van der Waals surface area contributed by atoms with Crippen molar-refractivity contribution in [2.45, 2.75) is 46.3 Å². The third kappa shape index (κ3) is 2.22.